The lowest BCUT2D eigenvalue weighted by Gasteiger charge is -2.32. The number of hydrogen-bond donors (Lipinski definition) is 1. The van der Waals surface area contributed by atoms with Crippen molar-refractivity contribution in [1.29, 1.82) is 0 Å². The second-order valence-corrected chi connectivity index (χ2v) is 3.18. The van der Waals surface area contributed by atoms with Crippen molar-refractivity contribution in [2.45, 2.75) is 31.7 Å². The number of carboxylic acid groups (broad SMARTS) is 1. The average molecular weight is 207 g/mol. The molecule has 0 saturated carbocycles. The number of carbonyl (C=O) groups excluding carboxylic acids is 1. The molecule has 1 N–H and O–H groups in total. The van der Waals surface area contributed by atoms with Crippen molar-refractivity contribution in [2.24, 2.45) is 0 Å². The van der Waals surface area contributed by atoms with E-state index in [4.69, 9.17) is 5.11 Å². The van der Waals surface area contributed by atoms with Crippen LogP contribution in [0.2, 0.25) is 0 Å². The molecule has 1 saturated heterocycles. The lowest BCUT2D eigenvalue weighted by atomic mass is 10.0. The first-order chi connectivity index (χ1) is 6.54. The van der Waals surface area contributed by atoms with Gasteiger partial charge in [0.15, 0.2) is 0 Å². The molecule has 0 aromatic heterocycles. The molecule has 1 aliphatic heterocycles. The van der Waals surface area contributed by atoms with Gasteiger partial charge in [-0.05, 0) is 19.3 Å². The topological polar surface area (TPSA) is 57.6 Å². The zero-order valence-electron chi connectivity index (χ0n) is 7.45. The fourth-order valence-electron chi connectivity index (χ4n) is 1.58. The standard InChI is InChI=1S/C8H11F2NO3/c9-6(10)7(12)11-4-2-1-3-5(11)8(13)14/h5-6H,1-4H2,(H,13,14)/t5-/m1/s1. The van der Waals surface area contributed by atoms with Gasteiger partial charge < -0.3 is 10.0 Å². The van der Waals surface area contributed by atoms with Gasteiger partial charge in [-0.2, -0.15) is 8.78 Å². The van der Waals surface area contributed by atoms with Gasteiger partial charge in [-0.25, -0.2) is 4.79 Å². The van der Waals surface area contributed by atoms with Crippen LogP contribution < -0.4 is 0 Å². The number of carbonyl (C=O) groups is 2. The number of rotatable bonds is 2. The van der Waals surface area contributed by atoms with E-state index in [9.17, 15) is 18.4 Å². The summed E-state index contributed by atoms with van der Waals surface area (Å²) in [6, 6.07) is -1.08. The van der Waals surface area contributed by atoms with Gasteiger partial charge in [0.25, 0.3) is 5.91 Å². The van der Waals surface area contributed by atoms with Gasteiger partial charge in [0.2, 0.25) is 0 Å². The molecule has 0 radical (unpaired) electrons. The van der Waals surface area contributed by atoms with Crippen molar-refractivity contribution in [3.8, 4) is 0 Å². The number of amides is 1. The maximum absolute atomic E-state index is 12.1. The van der Waals surface area contributed by atoms with Gasteiger partial charge in [0.05, 0.1) is 0 Å². The molecule has 0 bridgehead atoms. The Morgan fingerprint density at radius 2 is 2.00 bits per heavy atom. The number of carboxylic acids is 1. The summed E-state index contributed by atoms with van der Waals surface area (Å²) in [5, 5.41) is 8.70. The third-order valence-electron chi connectivity index (χ3n) is 2.26. The van der Waals surface area contributed by atoms with Crippen molar-refractivity contribution < 1.29 is 23.5 Å². The number of halogens is 2. The highest BCUT2D eigenvalue weighted by Gasteiger charge is 2.35. The number of likely N-dealkylation sites (tertiary alicyclic amines) is 1. The molecule has 1 atom stereocenters. The summed E-state index contributed by atoms with van der Waals surface area (Å²) in [6.45, 7) is 0.111. The maximum Gasteiger partial charge on any atom is 0.326 e. The van der Waals surface area contributed by atoms with Gasteiger partial charge in [-0.15, -0.1) is 0 Å². The van der Waals surface area contributed by atoms with Gasteiger partial charge in [-0.1, -0.05) is 0 Å². The third-order valence-corrected chi connectivity index (χ3v) is 2.26. The largest absolute Gasteiger partial charge is 0.480 e. The monoisotopic (exact) mass is 207 g/mol. The predicted octanol–water partition coefficient (Wildman–Crippen LogP) is 0.717. The third kappa shape index (κ3) is 2.18. The summed E-state index contributed by atoms with van der Waals surface area (Å²) in [4.78, 5) is 22.3. The molecule has 1 fully saturated rings. The van der Waals surface area contributed by atoms with Crippen LogP contribution >= 0.6 is 0 Å². The Bertz CT molecular complexity index is 245. The normalized spacial score (nSPS) is 22.5. The molecular formula is C8H11F2NO3. The minimum atomic E-state index is -3.12. The van der Waals surface area contributed by atoms with Crippen LogP contribution in [0.5, 0.6) is 0 Å². The quantitative estimate of drug-likeness (QED) is 0.725. The van der Waals surface area contributed by atoms with E-state index in [1.807, 2.05) is 0 Å². The Kier molecular flexibility index (Phi) is 3.38. The first-order valence-corrected chi connectivity index (χ1v) is 4.35. The van der Waals surface area contributed by atoms with Crippen molar-refractivity contribution in [3.63, 3.8) is 0 Å². The Morgan fingerprint density at radius 1 is 1.36 bits per heavy atom. The van der Waals surface area contributed by atoms with E-state index >= 15 is 0 Å². The van der Waals surface area contributed by atoms with E-state index in [-0.39, 0.29) is 13.0 Å². The lowest BCUT2D eigenvalue weighted by Crippen LogP contribution is -2.50. The zero-order valence-corrected chi connectivity index (χ0v) is 7.45. The number of alkyl halides is 2. The molecular weight excluding hydrogens is 196 g/mol. The van der Waals surface area contributed by atoms with E-state index < -0.39 is 24.3 Å². The number of aliphatic carboxylic acids is 1. The molecule has 1 rings (SSSR count). The summed E-state index contributed by atoms with van der Waals surface area (Å²) < 4.78 is 24.1. The highest BCUT2D eigenvalue weighted by Crippen LogP contribution is 2.19. The highest BCUT2D eigenvalue weighted by molar-refractivity contribution is 5.85. The summed E-state index contributed by atoms with van der Waals surface area (Å²) in [6.07, 6.45) is -1.62. The number of hydrogen-bond acceptors (Lipinski definition) is 2. The first-order valence-electron chi connectivity index (χ1n) is 4.35. The SMILES string of the molecule is O=C(O)[C@H]1CCCCN1C(=O)C(F)F. The highest BCUT2D eigenvalue weighted by atomic mass is 19.3. The van der Waals surface area contributed by atoms with Crippen LogP contribution in [0.1, 0.15) is 19.3 Å². The Labute approximate surface area is 79.5 Å². The van der Waals surface area contributed by atoms with E-state index in [0.717, 1.165) is 4.90 Å². The molecule has 14 heavy (non-hydrogen) atoms. The molecule has 1 amide bonds. The number of nitrogens with zero attached hydrogens (tertiary/aromatic N) is 1. The Balaban J connectivity index is 2.72. The van der Waals surface area contributed by atoms with Crippen LogP contribution in [0.25, 0.3) is 0 Å². The Morgan fingerprint density at radius 3 is 2.50 bits per heavy atom. The second kappa shape index (κ2) is 4.34. The fourth-order valence-corrected chi connectivity index (χ4v) is 1.58. The molecule has 6 heteroatoms. The van der Waals surface area contributed by atoms with Crippen LogP contribution in [0.15, 0.2) is 0 Å². The zero-order chi connectivity index (χ0) is 10.7. The second-order valence-electron chi connectivity index (χ2n) is 3.18. The molecule has 0 unspecified atom stereocenters. The van der Waals surface area contributed by atoms with Gasteiger partial charge in [0, 0.05) is 6.54 Å². The van der Waals surface area contributed by atoms with Crippen LogP contribution in [0.4, 0.5) is 8.78 Å². The molecule has 0 aliphatic carbocycles. The van der Waals surface area contributed by atoms with Gasteiger partial charge in [-0.3, -0.25) is 4.79 Å². The van der Waals surface area contributed by atoms with Crippen LogP contribution in [-0.2, 0) is 9.59 Å². The maximum atomic E-state index is 12.1. The van der Waals surface area contributed by atoms with Crippen LogP contribution in [0.3, 0.4) is 0 Å². The number of piperidine rings is 1. The average Bonchev–Trinajstić information content (AvgIpc) is 2.16. The summed E-state index contributed by atoms with van der Waals surface area (Å²) in [5.41, 5.74) is 0. The van der Waals surface area contributed by atoms with E-state index in [0.29, 0.717) is 12.8 Å². The minimum absolute atomic E-state index is 0.111. The van der Waals surface area contributed by atoms with Crippen molar-refractivity contribution in [2.75, 3.05) is 6.54 Å². The van der Waals surface area contributed by atoms with E-state index in [1.165, 1.54) is 0 Å². The molecule has 1 aliphatic rings. The van der Waals surface area contributed by atoms with E-state index in [1.54, 1.807) is 0 Å². The van der Waals surface area contributed by atoms with Crippen molar-refractivity contribution in [3.05, 3.63) is 0 Å². The molecule has 0 aromatic carbocycles. The van der Waals surface area contributed by atoms with Gasteiger partial charge >= 0.3 is 12.4 Å². The summed E-state index contributed by atoms with van der Waals surface area (Å²) in [5.74, 6) is -2.59. The fraction of sp³-hybridized carbons (Fsp3) is 0.750. The predicted molar refractivity (Wildman–Crippen MR) is 43.0 cm³/mol. The first kappa shape index (κ1) is 10.9. The lowest BCUT2D eigenvalue weighted by molar-refractivity contribution is -0.157. The van der Waals surface area contributed by atoms with Gasteiger partial charge in [0.1, 0.15) is 6.04 Å². The molecule has 4 nitrogen and oxygen atoms in total. The molecule has 0 spiro atoms. The summed E-state index contributed by atoms with van der Waals surface area (Å²) >= 11 is 0. The van der Waals surface area contributed by atoms with Crippen LogP contribution in [0, 0.1) is 0 Å². The van der Waals surface area contributed by atoms with Crippen LogP contribution in [-0.4, -0.2) is 40.9 Å². The van der Waals surface area contributed by atoms with Crippen molar-refractivity contribution >= 4 is 11.9 Å². The molecule has 0 aromatic rings. The smallest absolute Gasteiger partial charge is 0.326 e. The van der Waals surface area contributed by atoms with Crippen molar-refractivity contribution in [1.82, 2.24) is 4.90 Å². The summed E-state index contributed by atoms with van der Waals surface area (Å²) in [7, 11) is 0. The molecule has 1 heterocycles. The molecule has 80 valence electrons. The van der Waals surface area contributed by atoms with E-state index in [2.05, 4.69) is 0 Å². The Hall–Kier alpha value is -1.20. The minimum Gasteiger partial charge on any atom is -0.480 e.